The van der Waals surface area contributed by atoms with Gasteiger partial charge in [0.05, 0.1) is 5.69 Å². The number of hydrogen-bond acceptors (Lipinski definition) is 4. The number of rotatable bonds is 3. The lowest BCUT2D eigenvalue weighted by Crippen LogP contribution is -2.03. The standard InChI is InChI=1S/C14H14BrN3S/c1-19-14-17-12-7-3-6-11(12)13(18-14)16-10-5-2-4-9(15)8-10/h2,4-5,8H,3,6-7H2,1H3,(H,16,17,18). The third-order valence-corrected chi connectivity index (χ3v) is 4.22. The summed E-state index contributed by atoms with van der Waals surface area (Å²) in [7, 11) is 0. The van der Waals surface area contributed by atoms with Crippen molar-refractivity contribution in [2.45, 2.75) is 24.4 Å². The molecule has 19 heavy (non-hydrogen) atoms. The average Bonchev–Trinajstić information content (AvgIpc) is 2.87. The molecule has 98 valence electrons. The van der Waals surface area contributed by atoms with Gasteiger partial charge in [-0.2, -0.15) is 0 Å². The molecule has 0 unspecified atom stereocenters. The zero-order valence-corrected chi connectivity index (χ0v) is 13.0. The number of nitrogens with zero attached hydrogens (tertiary/aromatic N) is 2. The van der Waals surface area contributed by atoms with Gasteiger partial charge in [0.25, 0.3) is 0 Å². The fraction of sp³-hybridized carbons (Fsp3) is 0.286. The summed E-state index contributed by atoms with van der Waals surface area (Å²) in [5, 5.41) is 4.27. The number of halogens is 1. The van der Waals surface area contributed by atoms with Gasteiger partial charge < -0.3 is 5.32 Å². The maximum atomic E-state index is 4.61. The first kappa shape index (κ1) is 12.9. The van der Waals surface area contributed by atoms with E-state index in [0.29, 0.717) is 0 Å². The Kier molecular flexibility index (Phi) is 3.75. The topological polar surface area (TPSA) is 37.8 Å². The van der Waals surface area contributed by atoms with Crippen LogP contribution in [-0.2, 0) is 12.8 Å². The van der Waals surface area contributed by atoms with Gasteiger partial charge in [-0.05, 0) is 43.7 Å². The Morgan fingerprint density at radius 3 is 2.95 bits per heavy atom. The number of aromatic nitrogens is 2. The minimum Gasteiger partial charge on any atom is -0.340 e. The molecule has 3 rings (SSSR count). The largest absolute Gasteiger partial charge is 0.340 e. The third kappa shape index (κ3) is 2.77. The Labute approximate surface area is 125 Å². The van der Waals surface area contributed by atoms with Crippen molar-refractivity contribution in [1.82, 2.24) is 9.97 Å². The number of hydrogen-bond donors (Lipinski definition) is 1. The zero-order valence-electron chi connectivity index (χ0n) is 10.6. The molecule has 1 aromatic carbocycles. The lowest BCUT2D eigenvalue weighted by molar-refractivity contribution is 0.879. The van der Waals surface area contributed by atoms with Gasteiger partial charge in [-0.3, -0.25) is 0 Å². The molecule has 1 aromatic heterocycles. The van der Waals surface area contributed by atoms with Gasteiger partial charge in [-0.25, -0.2) is 9.97 Å². The van der Waals surface area contributed by atoms with Crippen molar-refractivity contribution in [3.8, 4) is 0 Å². The highest BCUT2D eigenvalue weighted by atomic mass is 79.9. The van der Waals surface area contributed by atoms with E-state index < -0.39 is 0 Å². The normalized spacial score (nSPS) is 13.4. The van der Waals surface area contributed by atoms with E-state index in [1.165, 1.54) is 17.7 Å². The lowest BCUT2D eigenvalue weighted by atomic mass is 10.2. The van der Waals surface area contributed by atoms with E-state index in [4.69, 9.17) is 0 Å². The van der Waals surface area contributed by atoms with Crippen LogP contribution in [0.3, 0.4) is 0 Å². The van der Waals surface area contributed by atoms with Crippen LogP contribution >= 0.6 is 27.7 Å². The highest BCUT2D eigenvalue weighted by Gasteiger charge is 2.19. The summed E-state index contributed by atoms with van der Waals surface area (Å²) in [6.07, 6.45) is 5.33. The molecule has 0 amide bonds. The highest BCUT2D eigenvalue weighted by Crippen LogP contribution is 2.30. The number of thioether (sulfide) groups is 1. The van der Waals surface area contributed by atoms with Crippen molar-refractivity contribution in [3.05, 3.63) is 40.0 Å². The number of anilines is 2. The molecule has 5 heteroatoms. The Morgan fingerprint density at radius 1 is 1.26 bits per heavy atom. The van der Waals surface area contributed by atoms with Crippen LogP contribution in [0, 0.1) is 0 Å². The minimum atomic E-state index is 0.846. The number of aryl methyl sites for hydroxylation is 1. The van der Waals surface area contributed by atoms with Gasteiger partial charge in [-0.15, -0.1) is 0 Å². The molecule has 1 aliphatic rings. The van der Waals surface area contributed by atoms with Crippen molar-refractivity contribution in [3.63, 3.8) is 0 Å². The molecule has 0 spiro atoms. The molecule has 1 aliphatic carbocycles. The van der Waals surface area contributed by atoms with Gasteiger partial charge in [0, 0.05) is 15.7 Å². The molecule has 1 heterocycles. The fourth-order valence-electron chi connectivity index (χ4n) is 2.31. The summed E-state index contributed by atoms with van der Waals surface area (Å²) in [5.74, 6) is 0.963. The first-order chi connectivity index (χ1) is 9.26. The van der Waals surface area contributed by atoms with Crippen molar-refractivity contribution in [2.24, 2.45) is 0 Å². The maximum Gasteiger partial charge on any atom is 0.189 e. The summed E-state index contributed by atoms with van der Waals surface area (Å²) < 4.78 is 1.06. The molecule has 3 nitrogen and oxygen atoms in total. The summed E-state index contributed by atoms with van der Waals surface area (Å²) >= 11 is 5.08. The van der Waals surface area contributed by atoms with E-state index in [1.54, 1.807) is 11.8 Å². The minimum absolute atomic E-state index is 0.846. The second-order valence-corrected chi connectivity index (χ2v) is 6.16. The summed E-state index contributed by atoms with van der Waals surface area (Å²) in [6, 6.07) is 8.14. The van der Waals surface area contributed by atoms with E-state index >= 15 is 0 Å². The first-order valence-corrected chi connectivity index (χ1v) is 8.24. The van der Waals surface area contributed by atoms with E-state index in [0.717, 1.165) is 34.0 Å². The summed E-state index contributed by atoms with van der Waals surface area (Å²) in [6.45, 7) is 0. The predicted octanol–water partition coefficient (Wildman–Crippen LogP) is 4.19. The van der Waals surface area contributed by atoms with Crippen molar-refractivity contribution < 1.29 is 0 Å². The third-order valence-electron chi connectivity index (χ3n) is 3.18. The molecule has 0 aliphatic heterocycles. The first-order valence-electron chi connectivity index (χ1n) is 6.22. The van der Waals surface area contributed by atoms with Crippen LogP contribution in [0.5, 0.6) is 0 Å². The van der Waals surface area contributed by atoms with E-state index in [2.05, 4.69) is 37.3 Å². The van der Waals surface area contributed by atoms with Crippen LogP contribution < -0.4 is 5.32 Å². The molecular weight excluding hydrogens is 322 g/mol. The molecule has 0 radical (unpaired) electrons. The fourth-order valence-corrected chi connectivity index (χ4v) is 3.09. The predicted molar refractivity (Wildman–Crippen MR) is 83.3 cm³/mol. The number of benzene rings is 1. The Hall–Kier alpha value is -1.07. The van der Waals surface area contributed by atoms with Crippen molar-refractivity contribution in [2.75, 3.05) is 11.6 Å². The van der Waals surface area contributed by atoms with Crippen LogP contribution in [0.2, 0.25) is 0 Å². The van der Waals surface area contributed by atoms with Gasteiger partial charge >= 0.3 is 0 Å². The molecule has 1 N–H and O–H groups in total. The quantitative estimate of drug-likeness (QED) is 0.674. The molecule has 0 bridgehead atoms. The molecular formula is C14H14BrN3S. The zero-order chi connectivity index (χ0) is 13.2. The maximum absolute atomic E-state index is 4.61. The number of nitrogens with one attached hydrogen (secondary N) is 1. The monoisotopic (exact) mass is 335 g/mol. The molecule has 0 saturated carbocycles. The van der Waals surface area contributed by atoms with Gasteiger partial charge in [-0.1, -0.05) is 33.8 Å². The Morgan fingerprint density at radius 2 is 2.16 bits per heavy atom. The summed E-state index contributed by atoms with van der Waals surface area (Å²) in [5.41, 5.74) is 3.53. The smallest absolute Gasteiger partial charge is 0.189 e. The molecule has 2 aromatic rings. The van der Waals surface area contributed by atoms with Crippen LogP contribution in [0.4, 0.5) is 11.5 Å². The van der Waals surface area contributed by atoms with Crippen molar-refractivity contribution >= 4 is 39.2 Å². The second kappa shape index (κ2) is 5.51. The van der Waals surface area contributed by atoms with E-state index in [1.807, 2.05) is 24.5 Å². The van der Waals surface area contributed by atoms with Crippen LogP contribution in [-0.4, -0.2) is 16.2 Å². The number of fused-ring (bicyclic) bond motifs is 1. The molecule has 0 fully saturated rings. The SMILES string of the molecule is CSc1nc2c(c(Nc3cccc(Br)c3)n1)CCC2. The highest BCUT2D eigenvalue weighted by molar-refractivity contribution is 9.10. The van der Waals surface area contributed by atoms with Crippen LogP contribution in [0.1, 0.15) is 17.7 Å². The van der Waals surface area contributed by atoms with E-state index in [-0.39, 0.29) is 0 Å². The average molecular weight is 336 g/mol. The van der Waals surface area contributed by atoms with Crippen LogP contribution in [0.15, 0.2) is 33.9 Å². The molecule has 0 saturated heterocycles. The Bertz CT molecular complexity index is 616. The van der Waals surface area contributed by atoms with Crippen molar-refractivity contribution in [1.29, 1.82) is 0 Å². The lowest BCUT2D eigenvalue weighted by Gasteiger charge is -2.11. The summed E-state index contributed by atoms with van der Waals surface area (Å²) in [4.78, 5) is 9.21. The van der Waals surface area contributed by atoms with Gasteiger partial charge in [0.15, 0.2) is 5.16 Å². The molecule has 0 atom stereocenters. The van der Waals surface area contributed by atoms with Crippen LogP contribution in [0.25, 0.3) is 0 Å². The van der Waals surface area contributed by atoms with Gasteiger partial charge in [0.1, 0.15) is 5.82 Å². The second-order valence-electron chi connectivity index (χ2n) is 4.47. The van der Waals surface area contributed by atoms with E-state index in [9.17, 15) is 0 Å². The Balaban J connectivity index is 1.98. The van der Waals surface area contributed by atoms with Gasteiger partial charge in [0.2, 0.25) is 0 Å².